The van der Waals surface area contributed by atoms with Gasteiger partial charge in [-0.1, -0.05) is 30.3 Å². The second-order valence-corrected chi connectivity index (χ2v) is 11.2. The Morgan fingerprint density at radius 1 is 0.975 bits per heavy atom. The lowest BCUT2D eigenvalue weighted by atomic mass is 9.92. The molecular weight excluding hydrogens is 504 g/mol. The highest BCUT2D eigenvalue weighted by atomic mass is 16.4. The molecule has 1 amide bonds. The summed E-state index contributed by atoms with van der Waals surface area (Å²) < 4.78 is 0. The summed E-state index contributed by atoms with van der Waals surface area (Å²) in [4.78, 5) is 33.5. The smallest absolute Gasteiger partial charge is 0.303 e. The maximum Gasteiger partial charge on any atom is 0.303 e. The lowest BCUT2D eigenvalue weighted by molar-refractivity contribution is -0.137. The molecule has 0 spiro atoms. The number of piperazine rings is 2. The van der Waals surface area contributed by atoms with Crippen LogP contribution in [0.15, 0.2) is 61.2 Å². The van der Waals surface area contributed by atoms with Crippen LogP contribution in [0.25, 0.3) is 0 Å². The Kier molecular flexibility index (Phi) is 10.4. The summed E-state index contributed by atoms with van der Waals surface area (Å²) in [5.41, 5.74) is 2.74. The first-order valence-electron chi connectivity index (χ1n) is 14.5. The number of nitrogens with zero attached hydrogens (tertiary/aromatic N) is 4. The summed E-state index contributed by atoms with van der Waals surface area (Å²) in [6.07, 6.45) is 3.71. The molecule has 216 valence electrons. The summed E-state index contributed by atoms with van der Waals surface area (Å²) in [6.45, 7) is 14.8. The second kappa shape index (κ2) is 13.9. The van der Waals surface area contributed by atoms with Crippen LogP contribution in [0.4, 0.5) is 0 Å². The van der Waals surface area contributed by atoms with Gasteiger partial charge in [0, 0.05) is 69.9 Å². The number of benzene rings is 2. The molecular formula is C32H44N4O4. The lowest BCUT2D eigenvalue weighted by Gasteiger charge is -2.47. The highest BCUT2D eigenvalue weighted by Crippen LogP contribution is 2.35. The molecule has 0 bridgehead atoms. The van der Waals surface area contributed by atoms with E-state index in [1.165, 1.54) is 0 Å². The van der Waals surface area contributed by atoms with E-state index in [9.17, 15) is 14.7 Å². The molecule has 4 rings (SSSR count). The minimum absolute atomic E-state index is 0.0410. The molecule has 2 saturated heterocycles. The van der Waals surface area contributed by atoms with Gasteiger partial charge in [0.25, 0.3) is 5.91 Å². The summed E-state index contributed by atoms with van der Waals surface area (Å²) in [5.74, 6) is -0.469. The number of rotatable bonds is 11. The van der Waals surface area contributed by atoms with Crippen molar-refractivity contribution in [1.82, 2.24) is 19.6 Å². The average molecular weight is 549 g/mol. The van der Waals surface area contributed by atoms with Crippen LogP contribution in [0.1, 0.15) is 60.6 Å². The van der Waals surface area contributed by atoms with Crippen LogP contribution in [0, 0.1) is 0 Å². The SMILES string of the molecule is C=CCN1C[C@H](C)N(C(c2cccc(O)c2)c2cccc(C(=O)N3CCN(CCCCC(=O)O)CC3)c2)C[C@H]1C. The van der Waals surface area contributed by atoms with Crippen LogP contribution in [-0.4, -0.2) is 106 Å². The first kappa shape index (κ1) is 29.8. The topological polar surface area (TPSA) is 87.6 Å². The number of carboxylic acids is 1. The van der Waals surface area contributed by atoms with E-state index in [1.54, 1.807) is 6.07 Å². The van der Waals surface area contributed by atoms with Crippen LogP contribution in [0.3, 0.4) is 0 Å². The molecule has 40 heavy (non-hydrogen) atoms. The van der Waals surface area contributed by atoms with Gasteiger partial charge in [0.15, 0.2) is 0 Å². The summed E-state index contributed by atoms with van der Waals surface area (Å²) in [7, 11) is 0. The monoisotopic (exact) mass is 548 g/mol. The summed E-state index contributed by atoms with van der Waals surface area (Å²) >= 11 is 0. The molecule has 0 aromatic heterocycles. The maximum atomic E-state index is 13.6. The number of carbonyl (C=O) groups excluding carboxylic acids is 1. The lowest BCUT2D eigenvalue weighted by Crippen LogP contribution is -2.57. The van der Waals surface area contributed by atoms with Crippen molar-refractivity contribution in [2.75, 3.05) is 52.4 Å². The van der Waals surface area contributed by atoms with Gasteiger partial charge in [0.1, 0.15) is 5.75 Å². The van der Waals surface area contributed by atoms with Crippen LogP contribution in [0.5, 0.6) is 5.75 Å². The average Bonchev–Trinajstić information content (AvgIpc) is 2.94. The zero-order valence-corrected chi connectivity index (χ0v) is 23.9. The number of carboxylic acid groups (broad SMARTS) is 1. The van der Waals surface area contributed by atoms with Gasteiger partial charge in [0.2, 0.25) is 0 Å². The van der Waals surface area contributed by atoms with E-state index < -0.39 is 5.97 Å². The molecule has 2 heterocycles. The van der Waals surface area contributed by atoms with Crippen molar-refractivity contribution in [3.05, 3.63) is 77.9 Å². The second-order valence-electron chi connectivity index (χ2n) is 11.2. The van der Waals surface area contributed by atoms with Crippen LogP contribution in [0.2, 0.25) is 0 Å². The summed E-state index contributed by atoms with van der Waals surface area (Å²) in [6, 6.07) is 16.0. The molecule has 0 aliphatic carbocycles. The van der Waals surface area contributed by atoms with E-state index in [0.717, 1.165) is 56.8 Å². The van der Waals surface area contributed by atoms with E-state index >= 15 is 0 Å². The zero-order chi connectivity index (χ0) is 28.6. The van der Waals surface area contributed by atoms with E-state index in [2.05, 4.69) is 47.3 Å². The van der Waals surface area contributed by atoms with Crippen LogP contribution in [-0.2, 0) is 4.79 Å². The van der Waals surface area contributed by atoms with Crippen LogP contribution < -0.4 is 0 Å². The Labute approximate surface area is 238 Å². The van der Waals surface area contributed by atoms with Gasteiger partial charge >= 0.3 is 5.97 Å². The number of phenolic OH excluding ortho intramolecular Hbond substituents is 1. The third-order valence-electron chi connectivity index (χ3n) is 8.27. The molecule has 0 saturated carbocycles. The number of hydrogen-bond acceptors (Lipinski definition) is 6. The van der Waals surface area contributed by atoms with Crippen molar-refractivity contribution in [3.8, 4) is 5.75 Å². The molecule has 2 aromatic carbocycles. The van der Waals surface area contributed by atoms with E-state index in [1.807, 2.05) is 41.3 Å². The Balaban J connectivity index is 1.50. The minimum atomic E-state index is -0.747. The number of carbonyl (C=O) groups is 2. The van der Waals surface area contributed by atoms with Gasteiger partial charge in [-0.15, -0.1) is 6.58 Å². The number of hydrogen-bond donors (Lipinski definition) is 2. The van der Waals surface area contributed by atoms with Crippen molar-refractivity contribution >= 4 is 11.9 Å². The van der Waals surface area contributed by atoms with Crippen molar-refractivity contribution in [2.45, 2.75) is 51.2 Å². The molecule has 2 fully saturated rings. The largest absolute Gasteiger partial charge is 0.508 e. The standard InChI is InChI=1S/C32H44N4O4/c1-4-14-35-22-25(3)36(23-24(35)2)31(27-10-8-12-29(37)21-27)26-9-7-11-28(20-26)32(40)34-18-16-33(17-19-34)15-6-5-13-30(38)39/h4,7-12,20-21,24-25,31,37H,1,5-6,13-19,22-23H2,2-3H3,(H,38,39)/t24-,25+,31?/m1/s1. The number of aliphatic carboxylic acids is 1. The van der Waals surface area contributed by atoms with Crippen molar-refractivity contribution in [2.24, 2.45) is 0 Å². The van der Waals surface area contributed by atoms with Gasteiger partial charge in [-0.2, -0.15) is 0 Å². The molecule has 8 heteroatoms. The number of amides is 1. The third-order valence-corrected chi connectivity index (χ3v) is 8.27. The van der Waals surface area contributed by atoms with Gasteiger partial charge in [0.05, 0.1) is 6.04 Å². The molecule has 8 nitrogen and oxygen atoms in total. The Morgan fingerprint density at radius 2 is 1.68 bits per heavy atom. The minimum Gasteiger partial charge on any atom is -0.508 e. The molecule has 2 aliphatic heterocycles. The van der Waals surface area contributed by atoms with Gasteiger partial charge in [-0.25, -0.2) is 0 Å². The molecule has 2 aliphatic rings. The molecule has 2 aromatic rings. The zero-order valence-electron chi connectivity index (χ0n) is 23.9. The first-order valence-corrected chi connectivity index (χ1v) is 14.5. The fraction of sp³-hybridized carbons (Fsp3) is 0.500. The van der Waals surface area contributed by atoms with E-state index in [-0.39, 0.29) is 30.2 Å². The highest BCUT2D eigenvalue weighted by molar-refractivity contribution is 5.94. The van der Waals surface area contributed by atoms with E-state index in [4.69, 9.17) is 5.11 Å². The Bertz CT molecular complexity index is 1160. The molecule has 0 radical (unpaired) electrons. The predicted octanol–water partition coefficient (Wildman–Crippen LogP) is 4.07. The summed E-state index contributed by atoms with van der Waals surface area (Å²) in [5, 5.41) is 19.2. The Morgan fingerprint density at radius 3 is 2.35 bits per heavy atom. The molecule has 2 N–H and O–H groups in total. The van der Waals surface area contributed by atoms with Gasteiger partial charge in [-0.3, -0.25) is 24.3 Å². The van der Waals surface area contributed by atoms with Crippen molar-refractivity contribution < 1.29 is 19.8 Å². The third kappa shape index (κ3) is 7.50. The van der Waals surface area contributed by atoms with E-state index in [0.29, 0.717) is 31.1 Å². The predicted molar refractivity (Wildman–Crippen MR) is 158 cm³/mol. The number of unbranched alkanes of at least 4 members (excludes halogenated alkanes) is 1. The fourth-order valence-electron chi connectivity index (χ4n) is 6.09. The normalized spacial score (nSPS) is 21.7. The van der Waals surface area contributed by atoms with Crippen molar-refractivity contribution in [1.29, 1.82) is 0 Å². The molecule has 1 unspecified atom stereocenters. The maximum absolute atomic E-state index is 13.6. The number of aromatic hydroxyl groups is 1. The van der Waals surface area contributed by atoms with Gasteiger partial charge in [-0.05, 0) is 68.6 Å². The molecule has 3 atom stereocenters. The Hall–Kier alpha value is -3.20. The fourth-order valence-corrected chi connectivity index (χ4v) is 6.09. The van der Waals surface area contributed by atoms with Gasteiger partial charge < -0.3 is 15.1 Å². The number of phenols is 1. The van der Waals surface area contributed by atoms with Crippen LogP contribution >= 0.6 is 0 Å². The highest BCUT2D eigenvalue weighted by Gasteiger charge is 2.35. The van der Waals surface area contributed by atoms with Crippen molar-refractivity contribution in [3.63, 3.8) is 0 Å². The quantitative estimate of drug-likeness (QED) is 0.323. The first-order chi connectivity index (χ1) is 19.3.